The van der Waals surface area contributed by atoms with E-state index in [-0.39, 0.29) is 5.91 Å². The van der Waals surface area contributed by atoms with Crippen molar-refractivity contribution in [3.05, 3.63) is 62.4 Å². The van der Waals surface area contributed by atoms with E-state index in [0.717, 1.165) is 15.7 Å². The molecule has 0 aromatic heterocycles. The molecule has 25 heavy (non-hydrogen) atoms. The van der Waals surface area contributed by atoms with E-state index >= 15 is 0 Å². The first-order valence-electron chi connectivity index (χ1n) is 7.52. The number of amidine groups is 1. The van der Waals surface area contributed by atoms with Gasteiger partial charge in [-0.05, 0) is 66.7 Å². The van der Waals surface area contributed by atoms with Crippen LogP contribution in [0.4, 0.5) is 5.69 Å². The van der Waals surface area contributed by atoms with E-state index in [1.807, 2.05) is 37.3 Å². The first-order valence-corrected chi connectivity index (χ1v) is 9.51. The van der Waals surface area contributed by atoms with Crippen LogP contribution in [0.3, 0.4) is 0 Å². The molecule has 1 fully saturated rings. The summed E-state index contributed by atoms with van der Waals surface area (Å²) in [5.41, 5.74) is 1.60. The zero-order chi connectivity index (χ0) is 17.8. The van der Waals surface area contributed by atoms with Crippen molar-refractivity contribution in [2.24, 2.45) is 4.99 Å². The highest BCUT2D eigenvalue weighted by Crippen LogP contribution is 2.31. The highest BCUT2D eigenvalue weighted by Gasteiger charge is 2.23. The van der Waals surface area contributed by atoms with Gasteiger partial charge >= 0.3 is 0 Å². The lowest BCUT2D eigenvalue weighted by Gasteiger charge is -2.05. The Labute approximate surface area is 163 Å². The van der Waals surface area contributed by atoms with Gasteiger partial charge in [0.05, 0.1) is 22.2 Å². The van der Waals surface area contributed by atoms with Gasteiger partial charge < -0.3 is 10.1 Å². The molecule has 1 aliphatic rings. The molecule has 1 amide bonds. The van der Waals surface area contributed by atoms with Gasteiger partial charge in [0, 0.05) is 4.47 Å². The molecule has 0 radical (unpaired) electrons. The Kier molecular flexibility index (Phi) is 5.83. The van der Waals surface area contributed by atoms with Crippen LogP contribution < -0.4 is 10.1 Å². The number of hydrogen-bond acceptors (Lipinski definition) is 4. The number of hydrogen-bond donors (Lipinski definition) is 1. The number of rotatable bonds is 4. The van der Waals surface area contributed by atoms with Crippen LogP contribution in [0.2, 0.25) is 5.02 Å². The Morgan fingerprint density at radius 2 is 2.04 bits per heavy atom. The van der Waals surface area contributed by atoms with Crippen molar-refractivity contribution in [3.63, 3.8) is 0 Å². The number of amides is 1. The number of thioether (sulfide) groups is 1. The number of nitrogens with zero attached hydrogens (tertiary/aromatic N) is 1. The predicted octanol–water partition coefficient (Wildman–Crippen LogP) is 5.39. The first kappa shape index (κ1) is 18.0. The van der Waals surface area contributed by atoms with E-state index in [4.69, 9.17) is 16.3 Å². The Balaban J connectivity index is 1.79. The fraction of sp³-hybridized carbons (Fsp3) is 0.111. The maximum Gasteiger partial charge on any atom is 0.264 e. The summed E-state index contributed by atoms with van der Waals surface area (Å²) < 4.78 is 6.39. The van der Waals surface area contributed by atoms with E-state index in [1.54, 1.807) is 18.2 Å². The highest BCUT2D eigenvalue weighted by molar-refractivity contribution is 9.10. The average molecular weight is 438 g/mol. The van der Waals surface area contributed by atoms with Gasteiger partial charge in [0.1, 0.15) is 5.75 Å². The van der Waals surface area contributed by atoms with Crippen molar-refractivity contribution in [1.82, 2.24) is 5.32 Å². The molecule has 0 atom stereocenters. The minimum Gasteiger partial charge on any atom is -0.492 e. The third kappa shape index (κ3) is 4.66. The minimum atomic E-state index is -0.175. The van der Waals surface area contributed by atoms with Gasteiger partial charge in [0.2, 0.25) is 0 Å². The second-order valence-electron chi connectivity index (χ2n) is 5.08. The maximum absolute atomic E-state index is 12.1. The summed E-state index contributed by atoms with van der Waals surface area (Å²) in [4.78, 5) is 17.1. The topological polar surface area (TPSA) is 50.7 Å². The van der Waals surface area contributed by atoms with E-state index in [1.165, 1.54) is 11.8 Å². The van der Waals surface area contributed by atoms with Crippen molar-refractivity contribution in [2.75, 3.05) is 6.61 Å². The van der Waals surface area contributed by atoms with Crippen molar-refractivity contribution in [3.8, 4) is 5.75 Å². The molecule has 3 rings (SSSR count). The fourth-order valence-electron chi connectivity index (χ4n) is 2.14. The van der Waals surface area contributed by atoms with Gasteiger partial charge in [-0.15, -0.1) is 0 Å². The molecule has 1 heterocycles. The number of nitrogens with one attached hydrogen (secondary N) is 1. The van der Waals surface area contributed by atoms with Gasteiger partial charge in [-0.3, -0.25) is 4.79 Å². The normalized spacial score (nSPS) is 17.2. The lowest BCUT2D eigenvalue weighted by Crippen LogP contribution is -2.19. The standard InChI is InChI=1S/C18H14BrClN2O2S/c1-2-24-15-8-3-11(9-14(15)20)10-16-17(23)22-18(25-16)21-13-6-4-12(19)5-7-13/h3-10H,2H2,1H3,(H,21,22,23)/b16-10-. The van der Waals surface area contributed by atoms with Crippen LogP contribution in [-0.2, 0) is 4.79 Å². The molecular weight excluding hydrogens is 424 g/mol. The molecule has 4 nitrogen and oxygen atoms in total. The molecule has 0 bridgehead atoms. The molecule has 0 aliphatic carbocycles. The van der Waals surface area contributed by atoms with E-state index in [2.05, 4.69) is 26.2 Å². The fourth-order valence-corrected chi connectivity index (χ4v) is 3.49. The molecule has 128 valence electrons. The van der Waals surface area contributed by atoms with Crippen LogP contribution >= 0.6 is 39.3 Å². The van der Waals surface area contributed by atoms with Crippen molar-refractivity contribution in [2.45, 2.75) is 6.92 Å². The zero-order valence-corrected chi connectivity index (χ0v) is 16.4. The SMILES string of the molecule is CCOc1ccc(/C=C2\SC(=Nc3ccc(Br)cc3)NC2=O)cc1Cl. The summed E-state index contributed by atoms with van der Waals surface area (Å²) in [6.07, 6.45) is 1.78. The Bertz CT molecular complexity index is 866. The predicted molar refractivity (Wildman–Crippen MR) is 108 cm³/mol. The van der Waals surface area contributed by atoms with Crippen LogP contribution in [0.1, 0.15) is 12.5 Å². The van der Waals surface area contributed by atoms with E-state index < -0.39 is 0 Å². The maximum atomic E-state index is 12.1. The highest BCUT2D eigenvalue weighted by atomic mass is 79.9. The van der Waals surface area contributed by atoms with Crippen molar-refractivity contribution < 1.29 is 9.53 Å². The molecule has 0 unspecified atom stereocenters. The number of ether oxygens (including phenoxy) is 1. The van der Waals surface area contributed by atoms with Gasteiger partial charge in [0.25, 0.3) is 5.91 Å². The molecule has 1 saturated heterocycles. The lowest BCUT2D eigenvalue weighted by molar-refractivity contribution is -0.115. The molecule has 7 heteroatoms. The van der Waals surface area contributed by atoms with Crippen LogP contribution in [0.25, 0.3) is 6.08 Å². The van der Waals surface area contributed by atoms with E-state index in [9.17, 15) is 4.79 Å². The van der Waals surface area contributed by atoms with Gasteiger partial charge in [-0.2, -0.15) is 0 Å². The Morgan fingerprint density at radius 1 is 1.28 bits per heavy atom. The molecular formula is C18H14BrClN2O2S. The molecule has 0 saturated carbocycles. The minimum absolute atomic E-state index is 0.175. The van der Waals surface area contributed by atoms with Gasteiger partial charge in [-0.1, -0.05) is 33.6 Å². The van der Waals surface area contributed by atoms with Crippen LogP contribution in [-0.4, -0.2) is 17.7 Å². The molecule has 0 spiro atoms. The summed E-state index contributed by atoms with van der Waals surface area (Å²) >= 11 is 10.9. The van der Waals surface area contributed by atoms with Crippen LogP contribution in [0.5, 0.6) is 5.75 Å². The average Bonchev–Trinajstić information content (AvgIpc) is 2.92. The third-order valence-electron chi connectivity index (χ3n) is 3.26. The second kappa shape index (κ2) is 8.08. The van der Waals surface area contributed by atoms with Gasteiger partial charge in [-0.25, -0.2) is 4.99 Å². The number of halogens is 2. The zero-order valence-electron chi connectivity index (χ0n) is 13.3. The summed E-state index contributed by atoms with van der Waals surface area (Å²) in [5, 5.41) is 3.84. The summed E-state index contributed by atoms with van der Waals surface area (Å²) in [6, 6.07) is 13.0. The van der Waals surface area contributed by atoms with Crippen LogP contribution in [0, 0.1) is 0 Å². The molecule has 2 aromatic carbocycles. The number of carbonyl (C=O) groups excluding carboxylic acids is 1. The van der Waals surface area contributed by atoms with Crippen LogP contribution in [0.15, 0.2) is 56.8 Å². The number of aliphatic imine (C=N–C) groups is 1. The number of benzene rings is 2. The van der Waals surface area contributed by atoms with Crippen molar-refractivity contribution >= 4 is 62.1 Å². The third-order valence-corrected chi connectivity index (χ3v) is 5.00. The number of carbonyl (C=O) groups is 1. The molecule has 2 aromatic rings. The Morgan fingerprint density at radius 3 is 2.72 bits per heavy atom. The summed E-state index contributed by atoms with van der Waals surface area (Å²) in [6.45, 7) is 2.45. The Hall–Kier alpha value is -1.76. The van der Waals surface area contributed by atoms with E-state index in [0.29, 0.717) is 27.5 Å². The lowest BCUT2D eigenvalue weighted by atomic mass is 10.2. The summed E-state index contributed by atoms with van der Waals surface area (Å²) in [5.74, 6) is 0.457. The van der Waals surface area contributed by atoms with Crippen molar-refractivity contribution in [1.29, 1.82) is 0 Å². The quantitative estimate of drug-likeness (QED) is 0.652. The monoisotopic (exact) mass is 436 g/mol. The first-order chi connectivity index (χ1) is 12.0. The smallest absolute Gasteiger partial charge is 0.264 e. The molecule has 1 N–H and O–H groups in total. The second-order valence-corrected chi connectivity index (χ2v) is 7.43. The molecule has 1 aliphatic heterocycles. The largest absolute Gasteiger partial charge is 0.492 e. The summed E-state index contributed by atoms with van der Waals surface area (Å²) in [7, 11) is 0. The van der Waals surface area contributed by atoms with Gasteiger partial charge in [0.15, 0.2) is 5.17 Å².